The molecule has 0 saturated heterocycles. The van der Waals surface area contributed by atoms with E-state index in [2.05, 4.69) is 0 Å². The summed E-state index contributed by atoms with van der Waals surface area (Å²) in [5.41, 5.74) is 0. The summed E-state index contributed by atoms with van der Waals surface area (Å²) in [5.74, 6) is -1.41. The van der Waals surface area contributed by atoms with E-state index in [-0.39, 0.29) is 0 Å². The Hall–Kier alpha value is 0.120. The minimum atomic E-state index is -1.67. The van der Waals surface area contributed by atoms with Gasteiger partial charge in [-0.2, -0.15) is 0 Å². The first-order valence-electron chi connectivity index (χ1n) is 1.78. The van der Waals surface area contributed by atoms with Gasteiger partial charge in [-0.15, -0.1) is 0 Å². The minimum Gasteiger partial charge on any atom is -0.479 e. The lowest BCUT2D eigenvalue weighted by Crippen LogP contribution is -2.28. The molecule has 0 aliphatic heterocycles. The number of hydrogen-bond acceptors (Lipinski definition) is 3. The maximum Gasteiger partial charge on any atom is 0.336 e. The number of aliphatic carboxylic acids is 1. The number of halogens is 1. The topological polar surface area (TPSA) is 77.8 Å². The Morgan fingerprint density at radius 3 is 1.88 bits per heavy atom. The van der Waals surface area contributed by atoms with Crippen LogP contribution in [0.3, 0.4) is 0 Å². The van der Waals surface area contributed by atoms with Gasteiger partial charge in [-0.1, -0.05) is 0 Å². The Morgan fingerprint density at radius 2 is 1.88 bits per heavy atom. The van der Waals surface area contributed by atoms with Crippen molar-refractivity contribution in [3.63, 3.8) is 0 Å². The summed E-state index contributed by atoms with van der Waals surface area (Å²) in [6, 6.07) is 0. The van der Waals surface area contributed by atoms with E-state index < -0.39 is 16.2 Å². The van der Waals surface area contributed by atoms with E-state index in [1.165, 1.54) is 22.6 Å². The standard InChI is InChI=1S/C3H5IO4/c4-2(6)1(5)3(7)8/h1-2,5-6H,(H,7,8). The molecule has 0 aromatic carbocycles. The highest BCUT2D eigenvalue weighted by molar-refractivity contribution is 14.1. The molecule has 2 unspecified atom stereocenters. The molecule has 0 aliphatic carbocycles. The van der Waals surface area contributed by atoms with Gasteiger partial charge >= 0.3 is 5.97 Å². The molecule has 0 aromatic heterocycles. The molecule has 0 radical (unpaired) electrons. The van der Waals surface area contributed by atoms with Crippen LogP contribution in [0.4, 0.5) is 0 Å². The lowest BCUT2D eigenvalue weighted by atomic mass is 10.4. The van der Waals surface area contributed by atoms with Gasteiger partial charge in [0.2, 0.25) is 0 Å². The smallest absolute Gasteiger partial charge is 0.336 e. The quantitative estimate of drug-likeness (QED) is 0.429. The predicted octanol–water partition coefficient (Wildman–Crippen LogP) is -0.815. The molecule has 0 aliphatic rings. The number of hydrogen-bond donors (Lipinski definition) is 3. The third kappa shape index (κ3) is 2.43. The molecule has 48 valence electrons. The first-order chi connectivity index (χ1) is 3.55. The summed E-state index contributed by atoms with van der Waals surface area (Å²) in [5, 5.41) is 24.6. The summed E-state index contributed by atoms with van der Waals surface area (Å²) in [6.45, 7) is 0. The molecule has 3 N–H and O–H groups in total. The molecule has 8 heavy (non-hydrogen) atoms. The fourth-order valence-electron chi connectivity index (χ4n) is 0.118. The summed E-state index contributed by atoms with van der Waals surface area (Å²) in [6.07, 6.45) is -1.67. The molecule has 0 heterocycles. The Morgan fingerprint density at radius 1 is 1.50 bits per heavy atom. The molecule has 0 aromatic rings. The highest BCUT2D eigenvalue weighted by Gasteiger charge is 2.19. The lowest BCUT2D eigenvalue weighted by Gasteiger charge is -2.04. The van der Waals surface area contributed by atoms with Crippen LogP contribution in [0.5, 0.6) is 0 Å². The summed E-state index contributed by atoms with van der Waals surface area (Å²) >= 11 is 1.41. The van der Waals surface area contributed by atoms with Gasteiger partial charge in [0.1, 0.15) is 4.11 Å². The number of aliphatic hydroxyl groups is 2. The van der Waals surface area contributed by atoms with Crippen LogP contribution in [0.25, 0.3) is 0 Å². The van der Waals surface area contributed by atoms with E-state index in [9.17, 15) is 4.79 Å². The van der Waals surface area contributed by atoms with Crippen molar-refractivity contribution in [1.29, 1.82) is 0 Å². The number of aliphatic hydroxyl groups excluding tert-OH is 2. The zero-order valence-electron chi connectivity index (χ0n) is 3.78. The van der Waals surface area contributed by atoms with Gasteiger partial charge in [0.05, 0.1) is 0 Å². The van der Waals surface area contributed by atoms with Crippen LogP contribution in [0.1, 0.15) is 0 Å². The van der Waals surface area contributed by atoms with Gasteiger partial charge in [0.25, 0.3) is 0 Å². The van der Waals surface area contributed by atoms with Gasteiger partial charge in [-0.25, -0.2) is 4.79 Å². The zero-order chi connectivity index (χ0) is 6.73. The van der Waals surface area contributed by atoms with Crippen LogP contribution in [0.2, 0.25) is 0 Å². The fraction of sp³-hybridized carbons (Fsp3) is 0.667. The van der Waals surface area contributed by atoms with Gasteiger partial charge in [-0.05, 0) is 22.6 Å². The lowest BCUT2D eigenvalue weighted by molar-refractivity contribution is -0.149. The first kappa shape index (κ1) is 8.12. The Bertz CT molecular complexity index is 91.3. The molecule has 0 bridgehead atoms. The summed E-state index contributed by atoms with van der Waals surface area (Å²) < 4.78 is -1.23. The molecule has 4 nitrogen and oxygen atoms in total. The largest absolute Gasteiger partial charge is 0.479 e. The van der Waals surface area contributed by atoms with Crippen molar-refractivity contribution in [2.45, 2.75) is 10.2 Å². The maximum atomic E-state index is 9.73. The Labute approximate surface area is 59.3 Å². The molecule has 0 amide bonds. The highest BCUT2D eigenvalue weighted by atomic mass is 127. The predicted molar refractivity (Wildman–Crippen MR) is 33.7 cm³/mol. The second kappa shape index (κ2) is 3.21. The number of carbonyl (C=O) groups is 1. The van der Waals surface area contributed by atoms with Crippen LogP contribution in [0, 0.1) is 0 Å². The summed E-state index contributed by atoms with van der Waals surface area (Å²) in [7, 11) is 0. The highest BCUT2D eigenvalue weighted by Crippen LogP contribution is 2.00. The van der Waals surface area contributed by atoms with Crippen molar-refractivity contribution in [1.82, 2.24) is 0 Å². The van der Waals surface area contributed by atoms with Crippen LogP contribution >= 0.6 is 22.6 Å². The van der Waals surface area contributed by atoms with Crippen molar-refractivity contribution in [2.24, 2.45) is 0 Å². The van der Waals surface area contributed by atoms with E-state index >= 15 is 0 Å². The van der Waals surface area contributed by atoms with Gasteiger partial charge in [0, 0.05) is 0 Å². The monoisotopic (exact) mass is 232 g/mol. The third-order valence-corrected chi connectivity index (χ3v) is 1.19. The zero-order valence-corrected chi connectivity index (χ0v) is 5.94. The molecule has 0 rings (SSSR count). The SMILES string of the molecule is O=C(O)C(O)C(O)I. The molecule has 0 saturated carbocycles. The molecule has 0 spiro atoms. The van der Waals surface area contributed by atoms with E-state index in [0.29, 0.717) is 0 Å². The van der Waals surface area contributed by atoms with Crippen molar-refractivity contribution >= 4 is 28.6 Å². The van der Waals surface area contributed by atoms with E-state index in [1.807, 2.05) is 0 Å². The minimum absolute atomic E-state index is 1.23. The van der Waals surface area contributed by atoms with Gasteiger partial charge in [0.15, 0.2) is 6.10 Å². The number of alkyl halides is 1. The molecular formula is C3H5IO4. The average Bonchev–Trinajstić information content (AvgIpc) is 1.64. The number of rotatable bonds is 2. The third-order valence-electron chi connectivity index (χ3n) is 0.514. The molecule has 5 heteroatoms. The Balaban J connectivity index is 3.64. The second-order valence-corrected chi connectivity index (χ2v) is 2.43. The summed E-state index contributed by atoms with van der Waals surface area (Å²) in [4.78, 5) is 9.73. The van der Waals surface area contributed by atoms with E-state index in [4.69, 9.17) is 15.3 Å². The first-order valence-corrected chi connectivity index (χ1v) is 3.03. The van der Waals surface area contributed by atoms with Crippen molar-refractivity contribution in [3.8, 4) is 0 Å². The fourth-order valence-corrected chi connectivity index (χ4v) is 0.425. The van der Waals surface area contributed by atoms with Gasteiger partial charge < -0.3 is 15.3 Å². The number of carboxylic acid groups (broad SMARTS) is 1. The average molecular weight is 232 g/mol. The molecular weight excluding hydrogens is 227 g/mol. The van der Waals surface area contributed by atoms with Crippen molar-refractivity contribution < 1.29 is 20.1 Å². The normalized spacial score (nSPS) is 17.4. The molecule has 2 atom stereocenters. The van der Waals surface area contributed by atoms with E-state index in [1.54, 1.807) is 0 Å². The van der Waals surface area contributed by atoms with E-state index in [0.717, 1.165) is 0 Å². The second-order valence-electron chi connectivity index (χ2n) is 1.16. The van der Waals surface area contributed by atoms with Crippen LogP contribution < -0.4 is 0 Å². The van der Waals surface area contributed by atoms with Crippen molar-refractivity contribution in [3.05, 3.63) is 0 Å². The van der Waals surface area contributed by atoms with Crippen molar-refractivity contribution in [2.75, 3.05) is 0 Å². The Kier molecular flexibility index (Phi) is 3.25. The number of carboxylic acids is 1. The van der Waals surface area contributed by atoms with Gasteiger partial charge in [-0.3, -0.25) is 0 Å². The maximum absolute atomic E-state index is 9.73. The van der Waals surface area contributed by atoms with Crippen LogP contribution in [-0.4, -0.2) is 31.5 Å². The molecule has 0 fully saturated rings. The van der Waals surface area contributed by atoms with Crippen LogP contribution in [0.15, 0.2) is 0 Å². The van der Waals surface area contributed by atoms with Crippen LogP contribution in [-0.2, 0) is 4.79 Å².